The van der Waals surface area contributed by atoms with E-state index in [9.17, 15) is 0 Å². The van der Waals surface area contributed by atoms with E-state index in [0.717, 1.165) is 17.5 Å². The molecule has 5 heteroatoms. The van der Waals surface area contributed by atoms with Gasteiger partial charge in [0.15, 0.2) is 5.82 Å². The predicted octanol–water partition coefficient (Wildman–Crippen LogP) is 3.11. The van der Waals surface area contributed by atoms with E-state index in [2.05, 4.69) is 10.1 Å². The molecule has 1 unspecified atom stereocenters. The Hall–Kier alpha value is -1.39. The normalized spacial score (nSPS) is 12.7. The highest BCUT2D eigenvalue weighted by Gasteiger charge is 2.15. The van der Waals surface area contributed by atoms with Crippen LogP contribution in [0.25, 0.3) is 11.5 Å². The number of halogens is 1. The SMILES string of the molecule is CCC(N)c1noc(-c2ccc(C)cc2Cl)n1. The zero-order chi connectivity index (χ0) is 12.4. The maximum Gasteiger partial charge on any atom is 0.259 e. The van der Waals surface area contributed by atoms with Crippen molar-refractivity contribution in [2.45, 2.75) is 26.3 Å². The maximum absolute atomic E-state index is 6.13. The van der Waals surface area contributed by atoms with Gasteiger partial charge in [-0.15, -0.1) is 0 Å². The molecule has 0 aliphatic carbocycles. The third-order valence-electron chi connectivity index (χ3n) is 2.57. The van der Waals surface area contributed by atoms with Gasteiger partial charge in [-0.25, -0.2) is 0 Å². The van der Waals surface area contributed by atoms with Crippen LogP contribution in [0.5, 0.6) is 0 Å². The zero-order valence-corrected chi connectivity index (χ0v) is 10.5. The Balaban J connectivity index is 2.37. The van der Waals surface area contributed by atoms with Crippen molar-refractivity contribution in [2.24, 2.45) is 5.73 Å². The average Bonchev–Trinajstić information content (AvgIpc) is 2.77. The minimum absolute atomic E-state index is 0.197. The van der Waals surface area contributed by atoms with Gasteiger partial charge >= 0.3 is 0 Å². The Morgan fingerprint density at radius 1 is 1.47 bits per heavy atom. The molecule has 0 aliphatic heterocycles. The molecule has 2 rings (SSSR count). The van der Waals surface area contributed by atoms with E-state index < -0.39 is 0 Å². The number of hydrogen-bond acceptors (Lipinski definition) is 4. The lowest BCUT2D eigenvalue weighted by molar-refractivity contribution is 0.415. The van der Waals surface area contributed by atoms with E-state index >= 15 is 0 Å². The van der Waals surface area contributed by atoms with Gasteiger partial charge in [0.25, 0.3) is 5.89 Å². The highest BCUT2D eigenvalue weighted by atomic mass is 35.5. The summed E-state index contributed by atoms with van der Waals surface area (Å²) < 4.78 is 5.17. The van der Waals surface area contributed by atoms with Crippen molar-refractivity contribution in [1.29, 1.82) is 0 Å². The van der Waals surface area contributed by atoms with Crippen molar-refractivity contribution in [3.05, 3.63) is 34.6 Å². The van der Waals surface area contributed by atoms with Crippen LogP contribution in [-0.4, -0.2) is 10.1 Å². The summed E-state index contributed by atoms with van der Waals surface area (Å²) in [7, 11) is 0. The van der Waals surface area contributed by atoms with Crippen LogP contribution in [0.4, 0.5) is 0 Å². The van der Waals surface area contributed by atoms with Crippen LogP contribution in [0.2, 0.25) is 5.02 Å². The molecule has 1 atom stereocenters. The predicted molar refractivity (Wildman–Crippen MR) is 66.7 cm³/mol. The summed E-state index contributed by atoms with van der Waals surface area (Å²) in [5, 5.41) is 4.46. The third kappa shape index (κ3) is 2.48. The molecule has 2 N–H and O–H groups in total. The molecule has 0 radical (unpaired) electrons. The summed E-state index contributed by atoms with van der Waals surface area (Å²) in [6, 6.07) is 5.48. The van der Waals surface area contributed by atoms with Crippen molar-refractivity contribution in [3.8, 4) is 11.5 Å². The fourth-order valence-corrected chi connectivity index (χ4v) is 1.79. The first-order valence-corrected chi connectivity index (χ1v) is 5.85. The number of nitrogens with two attached hydrogens (primary N) is 1. The first-order chi connectivity index (χ1) is 8.11. The van der Waals surface area contributed by atoms with Crippen LogP contribution in [0.1, 0.15) is 30.8 Å². The van der Waals surface area contributed by atoms with Gasteiger partial charge in [-0.1, -0.05) is 29.7 Å². The molecule has 1 heterocycles. The number of aryl methyl sites for hydroxylation is 1. The quantitative estimate of drug-likeness (QED) is 0.910. The number of benzene rings is 1. The molecule has 0 saturated heterocycles. The van der Waals surface area contributed by atoms with E-state index in [-0.39, 0.29) is 6.04 Å². The number of nitrogens with zero attached hydrogens (tertiary/aromatic N) is 2. The molecule has 0 bridgehead atoms. The standard InChI is InChI=1S/C12H14ClN3O/c1-3-10(14)11-15-12(17-16-11)8-5-4-7(2)6-9(8)13/h4-6,10H,3,14H2,1-2H3. The van der Waals surface area contributed by atoms with Crippen LogP contribution in [-0.2, 0) is 0 Å². The van der Waals surface area contributed by atoms with E-state index in [0.29, 0.717) is 16.7 Å². The van der Waals surface area contributed by atoms with Crippen LogP contribution >= 0.6 is 11.6 Å². The van der Waals surface area contributed by atoms with Gasteiger partial charge in [0, 0.05) is 0 Å². The van der Waals surface area contributed by atoms with Crippen molar-refractivity contribution in [1.82, 2.24) is 10.1 Å². The molecule has 0 fully saturated rings. The molecule has 0 spiro atoms. The van der Waals surface area contributed by atoms with E-state index in [4.69, 9.17) is 21.9 Å². The van der Waals surface area contributed by atoms with Crippen LogP contribution in [0.15, 0.2) is 22.7 Å². The Kier molecular flexibility index (Phi) is 3.45. The summed E-state index contributed by atoms with van der Waals surface area (Å²) in [5.74, 6) is 0.924. The lowest BCUT2D eigenvalue weighted by atomic mass is 10.1. The smallest absolute Gasteiger partial charge is 0.259 e. The second-order valence-corrected chi connectivity index (χ2v) is 4.36. The Morgan fingerprint density at radius 3 is 2.88 bits per heavy atom. The third-order valence-corrected chi connectivity index (χ3v) is 2.88. The second-order valence-electron chi connectivity index (χ2n) is 3.96. The minimum atomic E-state index is -0.197. The monoisotopic (exact) mass is 251 g/mol. The highest BCUT2D eigenvalue weighted by Crippen LogP contribution is 2.28. The average molecular weight is 252 g/mol. The van der Waals surface area contributed by atoms with Gasteiger partial charge in [-0.05, 0) is 31.0 Å². The molecule has 90 valence electrons. The van der Waals surface area contributed by atoms with Crippen molar-refractivity contribution in [3.63, 3.8) is 0 Å². The number of hydrogen-bond donors (Lipinski definition) is 1. The Bertz CT molecular complexity index is 524. The minimum Gasteiger partial charge on any atom is -0.334 e. The van der Waals surface area contributed by atoms with E-state index in [1.807, 2.05) is 32.0 Å². The Labute approximate surface area is 105 Å². The molecule has 4 nitrogen and oxygen atoms in total. The van der Waals surface area contributed by atoms with Gasteiger partial charge in [0.1, 0.15) is 0 Å². The van der Waals surface area contributed by atoms with E-state index in [1.54, 1.807) is 0 Å². The molecule has 0 aliphatic rings. The van der Waals surface area contributed by atoms with Crippen LogP contribution in [0.3, 0.4) is 0 Å². The first kappa shape index (κ1) is 12.1. The fourth-order valence-electron chi connectivity index (χ4n) is 1.47. The highest BCUT2D eigenvalue weighted by molar-refractivity contribution is 6.33. The zero-order valence-electron chi connectivity index (χ0n) is 9.77. The van der Waals surface area contributed by atoms with Crippen LogP contribution < -0.4 is 5.73 Å². The molecule has 1 aromatic heterocycles. The first-order valence-electron chi connectivity index (χ1n) is 5.47. The molecular formula is C12H14ClN3O. The summed E-state index contributed by atoms with van der Waals surface area (Å²) in [5.41, 5.74) is 7.65. The van der Waals surface area contributed by atoms with Crippen molar-refractivity contribution < 1.29 is 4.52 Å². The molecular weight excluding hydrogens is 238 g/mol. The largest absolute Gasteiger partial charge is 0.334 e. The summed E-state index contributed by atoms with van der Waals surface area (Å²) in [6.07, 6.45) is 0.764. The second kappa shape index (κ2) is 4.85. The molecule has 0 amide bonds. The van der Waals surface area contributed by atoms with Gasteiger partial charge in [0.05, 0.1) is 16.6 Å². The lowest BCUT2D eigenvalue weighted by Crippen LogP contribution is -2.10. The van der Waals surface area contributed by atoms with Crippen LogP contribution in [0, 0.1) is 6.92 Å². The maximum atomic E-state index is 6.13. The number of rotatable bonds is 3. The van der Waals surface area contributed by atoms with Gasteiger partial charge < -0.3 is 10.3 Å². The fraction of sp³-hybridized carbons (Fsp3) is 0.333. The van der Waals surface area contributed by atoms with E-state index in [1.165, 1.54) is 0 Å². The van der Waals surface area contributed by atoms with Crippen molar-refractivity contribution >= 4 is 11.6 Å². The Morgan fingerprint density at radius 2 is 2.24 bits per heavy atom. The summed E-state index contributed by atoms with van der Waals surface area (Å²) >= 11 is 6.13. The summed E-state index contributed by atoms with van der Waals surface area (Å²) in [4.78, 5) is 4.25. The lowest BCUT2D eigenvalue weighted by Gasteiger charge is -2.00. The molecule has 1 aromatic carbocycles. The van der Waals surface area contributed by atoms with Crippen molar-refractivity contribution in [2.75, 3.05) is 0 Å². The molecule has 17 heavy (non-hydrogen) atoms. The molecule has 2 aromatic rings. The van der Waals surface area contributed by atoms with Gasteiger partial charge in [-0.3, -0.25) is 0 Å². The van der Waals surface area contributed by atoms with Gasteiger partial charge in [0.2, 0.25) is 0 Å². The molecule has 0 saturated carbocycles. The topological polar surface area (TPSA) is 64.9 Å². The summed E-state index contributed by atoms with van der Waals surface area (Å²) in [6.45, 7) is 3.95. The number of aromatic nitrogens is 2. The van der Waals surface area contributed by atoms with Gasteiger partial charge in [-0.2, -0.15) is 4.98 Å².